The number of aryl methyl sites for hydroxylation is 1. The molecule has 2 aromatic rings. The molecule has 19 heavy (non-hydrogen) atoms. The van der Waals surface area contributed by atoms with E-state index in [0.717, 1.165) is 11.4 Å². The molecule has 0 aliphatic rings. The number of hydrogen-bond donors (Lipinski definition) is 1. The van der Waals surface area contributed by atoms with Crippen molar-refractivity contribution in [3.63, 3.8) is 0 Å². The molecule has 1 heterocycles. The van der Waals surface area contributed by atoms with E-state index in [9.17, 15) is 0 Å². The Morgan fingerprint density at radius 1 is 1.05 bits per heavy atom. The van der Waals surface area contributed by atoms with Crippen molar-refractivity contribution in [3.05, 3.63) is 34.3 Å². The van der Waals surface area contributed by atoms with Crippen LogP contribution < -0.4 is 10.2 Å². The molecule has 0 aliphatic heterocycles. The summed E-state index contributed by atoms with van der Waals surface area (Å²) in [4.78, 5) is 13.7. The fourth-order valence-corrected chi connectivity index (χ4v) is 2.04. The zero-order valence-corrected chi connectivity index (χ0v) is 12.3. The zero-order valence-electron chi connectivity index (χ0n) is 10.8. The van der Waals surface area contributed by atoms with Gasteiger partial charge in [-0.05, 0) is 47.8 Å². The first-order valence-corrected chi connectivity index (χ1v) is 6.33. The van der Waals surface area contributed by atoms with Gasteiger partial charge in [-0.15, -0.1) is 0 Å². The Balaban J connectivity index is 2.30. The molecule has 0 radical (unpaired) electrons. The Hall–Kier alpha value is -1.59. The highest BCUT2D eigenvalue weighted by molar-refractivity contribution is 6.31. The summed E-state index contributed by atoms with van der Waals surface area (Å²) in [6.07, 6.45) is 0. The normalized spacial score (nSPS) is 10.4. The molecule has 7 heteroatoms. The van der Waals surface area contributed by atoms with Gasteiger partial charge in [0.2, 0.25) is 16.5 Å². The van der Waals surface area contributed by atoms with E-state index in [-0.39, 0.29) is 10.6 Å². The summed E-state index contributed by atoms with van der Waals surface area (Å²) in [6.45, 7) is 2.05. The smallest absolute Gasteiger partial charge is 0.232 e. The third kappa shape index (κ3) is 3.45. The minimum Gasteiger partial charge on any atom is -0.377 e. The van der Waals surface area contributed by atoms with Gasteiger partial charge in [0, 0.05) is 25.5 Å². The van der Waals surface area contributed by atoms with Crippen LogP contribution in [0.15, 0.2) is 18.2 Å². The molecular formula is C12H13Cl2N5. The molecule has 1 aromatic carbocycles. The molecule has 5 nitrogen and oxygen atoms in total. The van der Waals surface area contributed by atoms with Gasteiger partial charge in [0.15, 0.2) is 0 Å². The minimum atomic E-state index is 0.0578. The molecule has 0 bridgehead atoms. The van der Waals surface area contributed by atoms with E-state index >= 15 is 0 Å². The Bertz CT molecular complexity index is 580. The largest absolute Gasteiger partial charge is 0.377 e. The van der Waals surface area contributed by atoms with E-state index in [2.05, 4.69) is 27.2 Å². The Labute approximate surface area is 121 Å². The van der Waals surface area contributed by atoms with Crippen LogP contribution in [-0.4, -0.2) is 29.0 Å². The first-order valence-electron chi connectivity index (χ1n) is 5.58. The van der Waals surface area contributed by atoms with Crippen LogP contribution in [0.2, 0.25) is 10.6 Å². The van der Waals surface area contributed by atoms with Crippen LogP contribution in [0.1, 0.15) is 5.56 Å². The van der Waals surface area contributed by atoms with E-state index in [1.54, 1.807) is 0 Å². The number of halogens is 2. The van der Waals surface area contributed by atoms with Gasteiger partial charge in [0.05, 0.1) is 0 Å². The van der Waals surface area contributed by atoms with Crippen LogP contribution in [0, 0.1) is 6.92 Å². The fourth-order valence-electron chi connectivity index (χ4n) is 1.68. The molecule has 0 amide bonds. The number of aromatic nitrogens is 3. The van der Waals surface area contributed by atoms with Crippen LogP contribution in [0.3, 0.4) is 0 Å². The van der Waals surface area contributed by atoms with Crippen LogP contribution in [-0.2, 0) is 0 Å². The van der Waals surface area contributed by atoms with Gasteiger partial charge in [0.25, 0.3) is 0 Å². The number of benzene rings is 1. The highest BCUT2D eigenvalue weighted by Crippen LogP contribution is 2.24. The Kier molecular flexibility index (Phi) is 4.07. The average molecular weight is 298 g/mol. The first kappa shape index (κ1) is 13.8. The predicted octanol–water partition coefficient (Wildman–Crippen LogP) is 3.30. The van der Waals surface area contributed by atoms with Crippen molar-refractivity contribution in [3.8, 4) is 0 Å². The lowest BCUT2D eigenvalue weighted by Crippen LogP contribution is -2.10. The molecular weight excluding hydrogens is 285 g/mol. The molecule has 100 valence electrons. The summed E-state index contributed by atoms with van der Waals surface area (Å²) in [6, 6.07) is 5.96. The second kappa shape index (κ2) is 5.59. The number of anilines is 3. The van der Waals surface area contributed by atoms with Crippen LogP contribution >= 0.6 is 23.2 Å². The lowest BCUT2D eigenvalue weighted by molar-refractivity contribution is 1.05. The van der Waals surface area contributed by atoms with Crippen molar-refractivity contribution in [2.75, 3.05) is 24.3 Å². The van der Waals surface area contributed by atoms with Gasteiger partial charge in [-0.25, -0.2) is 0 Å². The number of nitrogens with one attached hydrogen (secondary N) is 1. The van der Waals surface area contributed by atoms with Crippen LogP contribution in [0.25, 0.3) is 0 Å². The standard InChI is InChI=1S/C12H13Cl2N5/c1-7-4-5-8(6-9(7)19(2)3)15-12-17-10(13)16-11(14)18-12/h4-6H,1-3H3,(H,15,16,17,18). The lowest BCUT2D eigenvalue weighted by Gasteiger charge is -2.17. The predicted molar refractivity (Wildman–Crippen MR) is 78.6 cm³/mol. The molecule has 0 fully saturated rings. The van der Waals surface area contributed by atoms with Crippen molar-refractivity contribution in [1.82, 2.24) is 15.0 Å². The highest BCUT2D eigenvalue weighted by Gasteiger charge is 2.06. The highest BCUT2D eigenvalue weighted by atomic mass is 35.5. The van der Waals surface area contributed by atoms with Gasteiger partial charge in [-0.1, -0.05) is 6.07 Å². The molecule has 1 N–H and O–H groups in total. The second-order valence-electron chi connectivity index (χ2n) is 4.22. The van der Waals surface area contributed by atoms with Crippen molar-refractivity contribution in [1.29, 1.82) is 0 Å². The van der Waals surface area contributed by atoms with Crippen molar-refractivity contribution in [2.45, 2.75) is 6.92 Å². The molecule has 0 spiro atoms. The van der Waals surface area contributed by atoms with E-state index in [4.69, 9.17) is 23.2 Å². The SMILES string of the molecule is Cc1ccc(Nc2nc(Cl)nc(Cl)n2)cc1N(C)C. The van der Waals surface area contributed by atoms with E-state index in [1.165, 1.54) is 5.56 Å². The average Bonchev–Trinajstić information content (AvgIpc) is 2.30. The Morgan fingerprint density at radius 2 is 1.68 bits per heavy atom. The first-order chi connectivity index (χ1) is 8.95. The van der Waals surface area contributed by atoms with Gasteiger partial charge in [0.1, 0.15) is 0 Å². The fraction of sp³-hybridized carbons (Fsp3) is 0.250. The summed E-state index contributed by atoms with van der Waals surface area (Å²) in [5.74, 6) is 0.318. The Morgan fingerprint density at radius 3 is 2.26 bits per heavy atom. The maximum Gasteiger partial charge on any atom is 0.232 e. The van der Waals surface area contributed by atoms with Gasteiger partial charge in [-0.3, -0.25) is 0 Å². The van der Waals surface area contributed by atoms with Crippen molar-refractivity contribution >= 4 is 40.5 Å². The van der Waals surface area contributed by atoms with Gasteiger partial charge in [-0.2, -0.15) is 15.0 Å². The lowest BCUT2D eigenvalue weighted by atomic mass is 10.1. The van der Waals surface area contributed by atoms with Crippen molar-refractivity contribution < 1.29 is 0 Å². The maximum atomic E-state index is 5.73. The number of rotatable bonds is 3. The van der Waals surface area contributed by atoms with E-state index in [0.29, 0.717) is 5.95 Å². The second-order valence-corrected chi connectivity index (χ2v) is 4.89. The summed E-state index contributed by atoms with van der Waals surface area (Å²) in [5, 5.41) is 3.17. The third-order valence-electron chi connectivity index (χ3n) is 2.53. The summed E-state index contributed by atoms with van der Waals surface area (Å²) >= 11 is 11.5. The van der Waals surface area contributed by atoms with E-state index in [1.807, 2.05) is 37.2 Å². The molecule has 0 saturated carbocycles. The van der Waals surface area contributed by atoms with Gasteiger partial charge < -0.3 is 10.2 Å². The molecule has 2 rings (SSSR count). The maximum absolute atomic E-state index is 5.73. The summed E-state index contributed by atoms with van der Waals surface area (Å²) in [7, 11) is 3.98. The van der Waals surface area contributed by atoms with Crippen molar-refractivity contribution in [2.24, 2.45) is 0 Å². The molecule has 1 aromatic heterocycles. The van der Waals surface area contributed by atoms with Gasteiger partial charge >= 0.3 is 0 Å². The van der Waals surface area contributed by atoms with Crippen LogP contribution in [0.5, 0.6) is 0 Å². The number of nitrogens with zero attached hydrogens (tertiary/aromatic N) is 4. The monoisotopic (exact) mass is 297 g/mol. The van der Waals surface area contributed by atoms with Crippen LogP contribution in [0.4, 0.5) is 17.3 Å². The third-order valence-corrected chi connectivity index (χ3v) is 2.87. The zero-order chi connectivity index (χ0) is 14.0. The topological polar surface area (TPSA) is 53.9 Å². The minimum absolute atomic E-state index is 0.0578. The quantitative estimate of drug-likeness (QED) is 0.942. The summed E-state index contributed by atoms with van der Waals surface area (Å²) in [5.41, 5.74) is 3.14. The molecule has 0 atom stereocenters. The molecule has 0 saturated heterocycles. The summed E-state index contributed by atoms with van der Waals surface area (Å²) < 4.78 is 0. The molecule has 0 aliphatic carbocycles. The van der Waals surface area contributed by atoms with E-state index < -0.39 is 0 Å². The number of hydrogen-bond acceptors (Lipinski definition) is 5. The molecule has 0 unspecified atom stereocenters.